The Balaban J connectivity index is 1.61. The molecule has 6 heteroatoms. The van der Waals surface area contributed by atoms with Gasteiger partial charge in [0.1, 0.15) is 5.76 Å². The van der Waals surface area contributed by atoms with Crippen molar-refractivity contribution in [2.45, 2.75) is 33.2 Å². The first-order valence-electron chi connectivity index (χ1n) is 8.15. The summed E-state index contributed by atoms with van der Waals surface area (Å²) in [6.45, 7) is 4.30. The highest BCUT2D eigenvalue weighted by atomic mass is 35.5. The number of nitrogens with zero attached hydrogens (tertiary/aromatic N) is 1. The molecule has 0 fully saturated rings. The molecule has 1 aromatic carbocycles. The second-order valence-electron chi connectivity index (χ2n) is 6.13. The van der Waals surface area contributed by atoms with Gasteiger partial charge in [-0.25, -0.2) is 4.98 Å². The van der Waals surface area contributed by atoms with E-state index < -0.39 is 0 Å². The van der Waals surface area contributed by atoms with Crippen molar-refractivity contribution in [3.8, 4) is 11.3 Å². The number of amides is 1. The Morgan fingerprint density at radius 2 is 2.12 bits per heavy atom. The molecule has 0 spiro atoms. The number of carbonyl (C=O) groups excluding carboxylic acids is 1. The van der Waals surface area contributed by atoms with E-state index in [1.807, 2.05) is 38.1 Å². The van der Waals surface area contributed by atoms with E-state index in [0.29, 0.717) is 17.3 Å². The molecule has 1 amide bonds. The summed E-state index contributed by atoms with van der Waals surface area (Å²) >= 11 is 7.87. The number of halogens is 1. The predicted molar refractivity (Wildman–Crippen MR) is 99.3 cm³/mol. The molecule has 0 saturated heterocycles. The van der Waals surface area contributed by atoms with Crippen LogP contribution in [0.3, 0.4) is 0 Å². The second kappa shape index (κ2) is 6.32. The monoisotopic (exact) mass is 372 g/mol. The lowest BCUT2D eigenvalue weighted by Gasteiger charge is -2.09. The van der Waals surface area contributed by atoms with E-state index in [0.717, 1.165) is 46.0 Å². The summed E-state index contributed by atoms with van der Waals surface area (Å²) in [7, 11) is 0. The van der Waals surface area contributed by atoms with Gasteiger partial charge in [-0.15, -0.1) is 11.3 Å². The third-order valence-corrected chi connectivity index (χ3v) is 5.84. The quantitative estimate of drug-likeness (QED) is 0.724. The van der Waals surface area contributed by atoms with Crippen LogP contribution in [0.4, 0.5) is 0 Å². The largest absolute Gasteiger partial charge is 0.455 e. The molecule has 0 radical (unpaired) electrons. The number of rotatable bonds is 3. The van der Waals surface area contributed by atoms with Gasteiger partial charge in [0, 0.05) is 34.0 Å². The van der Waals surface area contributed by atoms with Gasteiger partial charge in [0.15, 0.2) is 5.76 Å². The summed E-state index contributed by atoms with van der Waals surface area (Å²) in [5, 5.41) is 4.58. The number of aryl methyl sites for hydroxylation is 3. The van der Waals surface area contributed by atoms with Crippen molar-refractivity contribution in [2.24, 2.45) is 0 Å². The first-order chi connectivity index (χ1) is 12.0. The molecule has 2 heterocycles. The van der Waals surface area contributed by atoms with Crippen LogP contribution in [0.5, 0.6) is 0 Å². The smallest absolute Gasteiger partial charge is 0.287 e. The SMILES string of the molecule is Cc1nc2c(s1)CCc1oc(C(=O)NCc3ccccc3Cl)c(C)c1-2. The summed E-state index contributed by atoms with van der Waals surface area (Å²) < 4.78 is 5.90. The van der Waals surface area contributed by atoms with E-state index >= 15 is 0 Å². The molecule has 3 aromatic rings. The average Bonchev–Trinajstić information content (AvgIpc) is 3.13. The van der Waals surface area contributed by atoms with Crippen LogP contribution in [-0.2, 0) is 19.4 Å². The van der Waals surface area contributed by atoms with Gasteiger partial charge >= 0.3 is 0 Å². The summed E-state index contributed by atoms with van der Waals surface area (Å²) in [6.07, 6.45) is 1.73. The lowest BCUT2D eigenvalue weighted by Crippen LogP contribution is -2.23. The highest BCUT2D eigenvalue weighted by molar-refractivity contribution is 7.12. The van der Waals surface area contributed by atoms with Crippen LogP contribution in [0.25, 0.3) is 11.3 Å². The van der Waals surface area contributed by atoms with Crippen molar-refractivity contribution >= 4 is 28.8 Å². The fourth-order valence-corrected chi connectivity index (χ4v) is 4.38. The Labute approximate surface area is 154 Å². The van der Waals surface area contributed by atoms with Gasteiger partial charge in [0.25, 0.3) is 5.91 Å². The molecule has 0 saturated carbocycles. The van der Waals surface area contributed by atoms with Crippen LogP contribution in [-0.4, -0.2) is 10.9 Å². The molecule has 4 nitrogen and oxygen atoms in total. The van der Waals surface area contributed by atoms with Gasteiger partial charge in [0.05, 0.1) is 10.7 Å². The van der Waals surface area contributed by atoms with Crippen LogP contribution in [0, 0.1) is 13.8 Å². The highest BCUT2D eigenvalue weighted by Gasteiger charge is 2.29. The predicted octanol–water partition coefficient (Wildman–Crippen LogP) is 4.70. The minimum atomic E-state index is -0.222. The molecule has 0 bridgehead atoms. The lowest BCUT2D eigenvalue weighted by atomic mass is 9.97. The number of benzene rings is 1. The minimum Gasteiger partial charge on any atom is -0.455 e. The number of aromatic nitrogens is 1. The fourth-order valence-electron chi connectivity index (χ4n) is 3.23. The van der Waals surface area contributed by atoms with Crippen LogP contribution < -0.4 is 5.32 Å². The third-order valence-electron chi connectivity index (χ3n) is 4.44. The highest BCUT2D eigenvalue weighted by Crippen LogP contribution is 2.40. The van der Waals surface area contributed by atoms with E-state index in [4.69, 9.17) is 16.0 Å². The molecule has 128 valence electrons. The number of furan rings is 1. The molecule has 1 aliphatic rings. The maximum Gasteiger partial charge on any atom is 0.287 e. The number of nitrogens with one attached hydrogen (secondary N) is 1. The summed E-state index contributed by atoms with van der Waals surface area (Å²) in [6, 6.07) is 7.47. The van der Waals surface area contributed by atoms with E-state index in [-0.39, 0.29) is 5.91 Å². The molecular formula is C19H17ClN2O2S. The Morgan fingerprint density at radius 3 is 2.92 bits per heavy atom. The molecule has 1 aliphatic carbocycles. The Hall–Kier alpha value is -2.11. The number of fused-ring (bicyclic) bond motifs is 3. The molecule has 2 aromatic heterocycles. The Morgan fingerprint density at radius 1 is 1.32 bits per heavy atom. The molecule has 0 unspecified atom stereocenters. The summed E-state index contributed by atoms with van der Waals surface area (Å²) in [4.78, 5) is 18.5. The zero-order valence-electron chi connectivity index (χ0n) is 14.0. The van der Waals surface area contributed by atoms with Crippen molar-refractivity contribution in [3.63, 3.8) is 0 Å². The Kier molecular flexibility index (Phi) is 4.13. The molecule has 25 heavy (non-hydrogen) atoms. The van der Waals surface area contributed by atoms with E-state index in [9.17, 15) is 4.79 Å². The van der Waals surface area contributed by atoms with Crippen molar-refractivity contribution in [1.82, 2.24) is 10.3 Å². The van der Waals surface area contributed by atoms with Crippen LogP contribution >= 0.6 is 22.9 Å². The topological polar surface area (TPSA) is 55.1 Å². The van der Waals surface area contributed by atoms with Gasteiger partial charge in [-0.05, 0) is 31.9 Å². The number of carbonyl (C=O) groups is 1. The minimum absolute atomic E-state index is 0.222. The van der Waals surface area contributed by atoms with Gasteiger partial charge in [-0.3, -0.25) is 4.79 Å². The first kappa shape index (κ1) is 16.4. The number of hydrogen-bond acceptors (Lipinski definition) is 4. The lowest BCUT2D eigenvalue weighted by molar-refractivity contribution is 0.0920. The number of thiazole rings is 1. The summed E-state index contributed by atoms with van der Waals surface area (Å²) in [5.74, 6) is 1.01. The van der Waals surface area contributed by atoms with Gasteiger partial charge in [-0.1, -0.05) is 29.8 Å². The van der Waals surface area contributed by atoms with Crippen molar-refractivity contribution in [2.75, 3.05) is 0 Å². The molecular weight excluding hydrogens is 356 g/mol. The fraction of sp³-hybridized carbons (Fsp3) is 0.263. The average molecular weight is 373 g/mol. The van der Waals surface area contributed by atoms with E-state index in [1.165, 1.54) is 4.88 Å². The van der Waals surface area contributed by atoms with Gasteiger partial charge < -0.3 is 9.73 Å². The molecule has 0 atom stereocenters. The molecule has 1 N–H and O–H groups in total. The van der Waals surface area contributed by atoms with Gasteiger partial charge in [-0.2, -0.15) is 0 Å². The maximum atomic E-state index is 12.6. The normalized spacial score (nSPS) is 12.6. The first-order valence-corrected chi connectivity index (χ1v) is 9.34. The van der Waals surface area contributed by atoms with Crippen LogP contribution in [0.2, 0.25) is 5.02 Å². The molecule has 4 rings (SSSR count). The molecule has 0 aliphatic heterocycles. The standard InChI is InChI=1S/C19H17ClN2O2S/c1-10-16-14(7-8-15-17(16)22-11(2)25-15)24-18(10)19(23)21-9-12-5-3-4-6-13(12)20/h3-6H,7-9H2,1-2H3,(H,21,23). The van der Waals surface area contributed by atoms with Crippen LogP contribution in [0.15, 0.2) is 28.7 Å². The van der Waals surface area contributed by atoms with Crippen LogP contribution in [0.1, 0.15) is 37.3 Å². The maximum absolute atomic E-state index is 12.6. The second-order valence-corrected chi connectivity index (χ2v) is 7.83. The van der Waals surface area contributed by atoms with Crippen molar-refractivity contribution in [3.05, 3.63) is 61.8 Å². The van der Waals surface area contributed by atoms with E-state index in [2.05, 4.69) is 10.3 Å². The van der Waals surface area contributed by atoms with Crippen molar-refractivity contribution in [1.29, 1.82) is 0 Å². The number of hydrogen-bond donors (Lipinski definition) is 1. The Bertz CT molecular complexity index is 974. The zero-order valence-corrected chi connectivity index (χ0v) is 15.6. The zero-order chi connectivity index (χ0) is 17.6. The third kappa shape index (κ3) is 2.87. The summed E-state index contributed by atoms with van der Waals surface area (Å²) in [5.41, 5.74) is 3.71. The van der Waals surface area contributed by atoms with Crippen molar-refractivity contribution < 1.29 is 9.21 Å². The van der Waals surface area contributed by atoms with Gasteiger partial charge in [0.2, 0.25) is 0 Å². The van der Waals surface area contributed by atoms with E-state index in [1.54, 1.807) is 11.3 Å².